The minimum absolute atomic E-state index is 0.103. The lowest BCUT2D eigenvalue weighted by Crippen LogP contribution is -2.62. The molecule has 0 saturated heterocycles. The number of anilines is 8. The number of amides is 1. The van der Waals surface area contributed by atoms with E-state index in [-0.39, 0.29) is 32.8 Å². The van der Waals surface area contributed by atoms with Gasteiger partial charge in [-0.3, -0.25) is 9.69 Å². The third-order valence-electron chi connectivity index (χ3n) is 16.3. The smallest absolute Gasteiger partial charge is 0.301 e. The molecular formula is C62H68B3N3O8. The van der Waals surface area contributed by atoms with Crippen molar-refractivity contribution in [3.8, 4) is 28.7 Å². The highest BCUT2D eigenvalue weighted by molar-refractivity contribution is 7.00. The summed E-state index contributed by atoms with van der Waals surface area (Å²) in [4.78, 5) is 20.3. The summed E-state index contributed by atoms with van der Waals surface area (Å²) in [5.41, 5.74) is 14.7. The lowest BCUT2D eigenvalue weighted by molar-refractivity contribution is -0.117. The Morgan fingerprint density at radius 3 is 1.51 bits per heavy atom. The molecule has 7 N–H and O–H groups in total. The highest BCUT2D eigenvalue weighted by Crippen LogP contribution is 2.58. The molecule has 0 bridgehead atoms. The average Bonchev–Trinajstić information content (AvgIpc) is 3.34. The summed E-state index contributed by atoms with van der Waals surface area (Å²) in [6.45, 7) is 31.8. The van der Waals surface area contributed by atoms with Crippen molar-refractivity contribution >= 4 is 90.2 Å². The maximum atomic E-state index is 15.0. The van der Waals surface area contributed by atoms with Gasteiger partial charge in [0.05, 0.1) is 17.1 Å². The number of aryl methyl sites for hydroxylation is 4. The Morgan fingerprint density at radius 1 is 0.579 bits per heavy atom. The molecule has 76 heavy (non-hydrogen) atoms. The van der Waals surface area contributed by atoms with E-state index < -0.39 is 64.0 Å². The van der Waals surface area contributed by atoms with Gasteiger partial charge in [-0.05, 0) is 153 Å². The number of benzene rings is 6. The third-order valence-corrected chi connectivity index (χ3v) is 16.3. The number of para-hydroxylation sites is 1. The SMILES string of the molecule is [B]/C(C)=C(\[B])C(O)=C(O)C(=O)N(c1ccc2c(c1)N(c1c(C)cc(C(C)(C)C)cc1C)c1cc(C(C)(C)C)cc3c1B2c1cc2c(cc1N3c1c(C)cccc1C)C(C)(C)CCC2(C)C)c1c(O)c(O)c(O)c(O)c1O. The molecule has 0 fully saturated rings. The van der Waals surface area contributed by atoms with Crippen LogP contribution in [0.2, 0.25) is 0 Å². The number of hydrogen-bond donors (Lipinski definition) is 7. The molecule has 11 nitrogen and oxygen atoms in total. The van der Waals surface area contributed by atoms with Gasteiger partial charge in [-0.1, -0.05) is 124 Å². The Labute approximate surface area is 450 Å². The van der Waals surface area contributed by atoms with Crippen LogP contribution in [0, 0.1) is 27.7 Å². The maximum absolute atomic E-state index is 15.0. The van der Waals surface area contributed by atoms with E-state index in [2.05, 4.69) is 161 Å². The molecule has 6 aromatic carbocycles. The second-order valence-electron chi connectivity index (χ2n) is 24.7. The minimum Gasteiger partial charge on any atom is -0.505 e. The van der Waals surface area contributed by atoms with Gasteiger partial charge in [0.25, 0.3) is 6.71 Å². The number of aliphatic hydroxyl groups excluding tert-OH is 2. The molecule has 14 heteroatoms. The van der Waals surface area contributed by atoms with Gasteiger partial charge in [-0.25, -0.2) is 0 Å². The van der Waals surface area contributed by atoms with Crippen molar-refractivity contribution in [2.45, 2.75) is 138 Å². The van der Waals surface area contributed by atoms with Crippen LogP contribution >= 0.6 is 0 Å². The van der Waals surface area contributed by atoms with E-state index in [1.165, 1.54) is 18.1 Å². The van der Waals surface area contributed by atoms with E-state index in [4.69, 9.17) is 15.7 Å². The number of phenols is 5. The minimum atomic E-state index is -1.46. The molecule has 2 heterocycles. The Bertz CT molecular complexity index is 3490. The number of fused-ring (bicyclic) bond motifs is 5. The second-order valence-corrected chi connectivity index (χ2v) is 24.7. The van der Waals surface area contributed by atoms with Gasteiger partial charge in [0.1, 0.15) is 21.4 Å². The van der Waals surface area contributed by atoms with E-state index >= 15 is 4.79 Å². The van der Waals surface area contributed by atoms with E-state index in [9.17, 15) is 35.7 Å². The molecule has 6 aromatic rings. The van der Waals surface area contributed by atoms with Crippen LogP contribution in [0.15, 0.2) is 95.3 Å². The molecule has 388 valence electrons. The van der Waals surface area contributed by atoms with Gasteiger partial charge in [-0.2, -0.15) is 0 Å². The number of phenolic OH excluding ortho intramolecular Hbond substituents is 5. The zero-order valence-corrected chi connectivity index (χ0v) is 46.5. The fourth-order valence-corrected chi connectivity index (χ4v) is 11.7. The molecule has 0 unspecified atom stereocenters. The molecule has 1 aliphatic carbocycles. The van der Waals surface area contributed by atoms with Crippen LogP contribution in [0.1, 0.15) is 134 Å². The van der Waals surface area contributed by atoms with Gasteiger partial charge in [0, 0.05) is 22.7 Å². The van der Waals surface area contributed by atoms with Crippen molar-refractivity contribution in [2.75, 3.05) is 14.7 Å². The predicted octanol–water partition coefficient (Wildman–Crippen LogP) is 12.0. The Hall–Kier alpha value is -7.34. The zero-order valence-electron chi connectivity index (χ0n) is 46.5. The first-order chi connectivity index (χ1) is 35.2. The molecule has 1 amide bonds. The van der Waals surface area contributed by atoms with Crippen molar-refractivity contribution in [1.82, 2.24) is 0 Å². The van der Waals surface area contributed by atoms with E-state index in [1.54, 1.807) is 12.1 Å². The quantitative estimate of drug-likeness (QED) is 0.0213. The maximum Gasteiger partial charge on any atom is 0.301 e. The topological polar surface area (TPSA) is 168 Å². The molecule has 0 saturated carbocycles. The standard InChI is InChI=1S/C62H68B3N3O8/c1-30-17-16-18-31(2)48(30)68-43-29-39-38(61(12,13)21-22-62(39,14)15)28-41(43)65-40-20-19-37(66(58(76)57(75)51(69)46(64)34(5)63)50-52(70)54(72)56(74)55(73)53(50)71)27-42(40)67(44-25-36(60(9,10)11)26-45(68)47(44)65)49-32(3)23-35(24-33(49)4)59(6,7)8/h16-20,23-29,69-75H,21-22H2,1-15H3/b46-34-,57-51?. The monoisotopic (exact) mass is 1020 g/mol. The average molecular weight is 1020 g/mol. The number of aliphatic hydroxyl groups is 2. The third kappa shape index (κ3) is 8.25. The van der Waals surface area contributed by atoms with Crippen LogP contribution in [0.3, 0.4) is 0 Å². The first-order valence-electron chi connectivity index (χ1n) is 25.9. The first kappa shape index (κ1) is 53.5. The Balaban J connectivity index is 1.49. The summed E-state index contributed by atoms with van der Waals surface area (Å²) in [6.07, 6.45) is 1.99. The van der Waals surface area contributed by atoms with E-state index in [1.807, 2.05) is 6.07 Å². The number of aromatic hydroxyl groups is 5. The van der Waals surface area contributed by atoms with Gasteiger partial charge >= 0.3 is 5.91 Å². The predicted molar refractivity (Wildman–Crippen MR) is 311 cm³/mol. The highest BCUT2D eigenvalue weighted by atomic mass is 16.4. The van der Waals surface area contributed by atoms with Crippen LogP contribution in [0.4, 0.5) is 45.5 Å². The van der Waals surface area contributed by atoms with Crippen molar-refractivity contribution in [2.24, 2.45) is 0 Å². The van der Waals surface area contributed by atoms with Crippen molar-refractivity contribution in [3.63, 3.8) is 0 Å². The van der Waals surface area contributed by atoms with E-state index in [0.29, 0.717) is 10.6 Å². The molecule has 3 aliphatic rings. The second kappa shape index (κ2) is 17.9. The molecule has 0 spiro atoms. The summed E-state index contributed by atoms with van der Waals surface area (Å²) in [5, 5.41) is 78.6. The zero-order chi connectivity index (χ0) is 56.0. The van der Waals surface area contributed by atoms with Crippen LogP contribution in [-0.2, 0) is 26.5 Å². The van der Waals surface area contributed by atoms with Crippen LogP contribution in [0.5, 0.6) is 28.7 Å². The van der Waals surface area contributed by atoms with Crippen molar-refractivity contribution in [3.05, 3.63) is 140 Å². The highest BCUT2D eigenvalue weighted by Gasteiger charge is 2.48. The van der Waals surface area contributed by atoms with Gasteiger partial charge in [0.2, 0.25) is 23.0 Å². The number of allylic oxidation sites excluding steroid dienone is 2. The van der Waals surface area contributed by atoms with Crippen molar-refractivity contribution < 1.29 is 40.5 Å². The number of carbonyl (C=O) groups excluding carboxylic acids is 1. The summed E-state index contributed by atoms with van der Waals surface area (Å²) >= 11 is 0. The summed E-state index contributed by atoms with van der Waals surface area (Å²) in [7, 11) is 11.9. The first-order valence-corrected chi connectivity index (χ1v) is 25.9. The molecule has 4 radical (unpaired) electrons. The lowest BCUT2D eigenvalue weighted by Gasteiger charge is -2.48. The number of carbonyl (C=O) groups is 1. The van der Waals surface area contributed by atoms with Gasteiger partial charge < -0.3 is 45.5 Å². The van der Waals surface area contributed by atoms with Crippen LogP contribution in [0.25, 0.3) is 0 Å². The van der Waals surface area contributed by atoms with Crippen molar-refractivity contribution in [1.29, 1.82) is 0 Å². The fourth-order valence-electron chi connectivity index (χ4n) is 11.7. The summed E-state index contributed by atoms with van der Waals surface area (Å²) < 4.78 is 0. The van der Waals surface area contributed by atoms with Gasteiger partial charge in [-0.15, -0.1) is 5.47 Å². The number of rotatable bonds is 6. The molecule has 0 atom stereocenters. The van der Waals surface area contributed by atoms with Gasteiger partial charge in [0.15, 0.2) is 17.3 Å². The molecule has 0 aromatic heterocycles. The lowest BCUT2D eigenvalue weighted by atomic mass is 9.33. The molecular weight excluding hydrogens is 947 g/mol. The Morgan fingerprint density at radius 2 is 1.03 bits per heavy atom. The Kier molecular flexibility index (Phi) is 12.6. The molecule has 2 aliphatic heterocycles. The van der Waals surface area contributed by atoms with E-state index in [0.717, 1.165) is 91.0 Å². The fraction of sp³-hybridized carbons (Fsp3) is 0.339. The normalized spacial score (nSPS) is 16.0. The van der Waals surface area contributed by atoms with Crippen LogP contribution < -0.4 is 31.1 Å². The summed E-state index contributed by atoms with van der Waals surface area (Å²) in [5.74, 6) is -10.2. The number of nitrogens with zero attached hydrogens (tertiary/aromatic N) is 3. The number of hydrogen-bond acceptors (Lipinski definition) is 10. The van der Waals surface area contributed by atoms with Crippen LogP contribution in [-0.4, -0.2) is 64.1 Å². The molecule has 9 rings (SSSR count). The largest absolute Gasteiger partial charge is 0.505 e. The summed E-state index contributed by atoms with van der Waals surface area (Å²) in [6, 6.07) is 25.4.